The van der Waals surface area contributed by atoms with Crippen LogP contribution in [0.2, 0.25) is 0 Å². The third-order valence-corrected chi connectivity index (χ3v) is 5.39. The van der Waals surface area contributed by atoms with Gasteiger partial charge in [0.05, 0.1) is 29.8 Å². The van der Waals surface area contributed by atoms with E-state index in [1.807, 2.05) is 58.1 Å². The van der Waals surface area contributed by atoms with Crippen LogP contribution in [0.25, 0.3) is 0 Å². The number of methoxy groups -OCH3 is 1. The van der Waals surface area contributed by atoms with Crippen molar-refractivity contribution in [3.8, 4) is 0 Å². The molecule has 0 fully saturated rings. The Bertz CT molecular complexity index is 641. The molecule has 0 saturated heterocycles. The lowest BCUT2D eigenvalue weighted by molar-refractivity contribution is -0.151. The van der Waals surface area contributed by atoms with Gasteiger partial charge in [0.15, 0.2) is 0 Å². The molecule has 5 heteroatoms. The first-order valence-corrected chi connectivity index (χ1v) is 11.2. The van der Waals surface area contributed by atoms with Crippen molar-refractivity contribution in [2.45, 2.75) is 84.7 Å². The highest BCUT2D eigenvalue weighted by molar-refractivity contribution is 5.75. The maximum absolute atomic E-state index is 11.7. The summed E-state index contributed by atoms with van der Waals surface area (Å²) in [5, 5.41) is 10.4. The molecule has 0 amide bonds. The fourth-order valence-electron chi connectivity index (χ4n) is 3.28. The van der Waals surface area contributed by atoms with Gasteiger partial charge in [0, 0.05) is 25.9 Å². The highest BCUT2D eigenvalue weighted by Gasteiger charge is 2.25. The molecule has 1 aliphatic heterocycles. The lowest BCUT2D eigenvalue weighted by Gasteiger charge is -2.31. The average molecular weight is 435 g/mol. The number of carbonyl (C=O) groups excluding carboxylic acids is 1. The van der Waals surface area contributed by atoms with Crippen molar-refractivity contribution in [1.82, 2.24) is 0 Å². The minimum Gasteiger partial charge on any atom is -0.461 e. The van der Waals surface area contributed by atoms with Gasteiger partial charge >= 0.3 is 5.97 Å². The molecular weight excluding hydrogens is 392 g/mol. The van der Waals surface area contributed by atoms with Crippen LogP contribution >= 0.6 is 0 Å². The zero-order valence-corrected chi connectivity index (χ0v) is 20.2. The summed E-state index contributed by atoms with van der Waals surface area (Å²) in [6.45, 7) is 13.7. The number of hydrogen-bond acceptors (Lipinski definition) is 5. The molecule has 0 unspecified atom stereocenters. The second-order valence-corrected chi connectivity index (χ2v) is 9.39. The molecule has 0 saturated carbocycles. The molecule has 31 heavy (non-hydrogen) atoms. The number of rotatable bonds is 12. The fraction of sp³-hybridized carbons (Fsp3) is 0.654. The standard InChI is InChI=1S/C26H42O5/c1-8-20(3)24(29-7)18-23-13-9-12-22(31-23)17-21(27)15-14-19(2)11-10-16-30-25(28)26(4,5)6/h8-12,14,20-24,27H,1,13,15-18H2,2-7H3/b11-10+,19-14+/t20-,21-,22-,23-,24-/m0/s1. The third kappa shape index (κ3) is 10.9. The lowest BCUT2D eigenvalue weighted by atomic mass is 9.95. The molecule has 0 aromatic rings. The van der Waals surface area contributed by atoms with Crippen LogP contribution in [0, 0.1) is 11.3 Å². The minimum atomic E-state index is -0.494. The highest BCUT2D eigenvalue weighted by atomic mass is 16.5. The maximum atomic E-state index is 11.7. The predicted molar refractivity (Wildman–Crippen MR) is 126 cm³/mol. The second kappa shape index (κ2) is 13.7. The van der Waals surface area contributed by atoms with Crippen LogP contribution in [-0.4, -0.2) is 49.2 Å². The van der Waals surface area contributed by atoms with E-state index in [2.05, 4.69) is 19.6 Å². The van der Waals surface area contributed by atoms with E-state index in [1.54, 1.807) is 7.11 Å². The number of allylic oxidation sites excluding steroid dienone is 2. The van der Waals surface area contributed by atoms with Crippen molar-refractivity contribution in [2.24, 2.45) is 11.3 Å². The quantitative estimate of drug-likeness (QED) is 0.261. The number of carbonyl (C=O) groups is 1. The predicted octanol–water partition coefficient (Wildman–Crippen LogP) is 5.16. The Kier molecular flexibility index (Phi) is 12.1. The van der Waals surface area contributed by atoms with Gasteiger partial charge < -0.3 is 19.3 Å². The van der Waals surface area contributed by atoms with E-state index in [0.29, 0.717) is 12.8 Å². The van der Waals surface area contributed by atoms with Gasteiger partial charge in [-0.3, -0.25) is 4.79 Å². The number of aliphatic hydroxyl groups is 1. The van der Waals surface area contributed by atoms with Gasteiger partial charge in [0.2, 0.25) is 0 Å². The van der Waals surface area contributed by atoms with Gasteiger partial charge in [-0.15, -0.1) is 6.58 Å². The Labute approximate surface area is 188 Å². The number of ether oxygens (including phenoxy) is 3. The topological polar surface area (TPSA) is 65.0 Å². The summed E-state index contributed by atoms with van der Waals surface area (Å²) in [7, 11) is 1.72. The van der Waals surface area contributed by atoms with Gasteiger partial charge in [-0.25, -0.2) is 0 Å². The van der Waals surface area contributed by atoms with Crippen molar-refractivity contribution in [1.29, 1.82) is 0 Å². The van der Waals surface area contributed by atoms with Crippen molar-refractivity contribution >= 4 is 5.97 Å². The van der Waals surface area contributed by atoms with Gasteiger partial charge in [-0.05, 0) is 46.6 Å². The van der Waals surface area contributed by atoms with E-state index in [0.717, 1.165) is 18.4 Å². The number of esters is 1. The Hall–Kier alpha value is -1.69. The van der Waals surface area contributed by atoms with Crippen LogP contribution in [0.4, 0.5) is 0 Å². The fourth-order valence-corrected chi connectivity index (χ4v) is 3.28. The molecule has 1 N–H and O–H groups in total. The van der Waals surface area contributed by atoms with Crippen molar-refractivity contribution in [3.63, 3.8) is 0 Å². The average Bonchev–Trinajstić information content (AvgIpc) is 2.72. The van der Waals surface area contributed by atoms with Gasteiger partial charge in [-0.2, -0.15) is 0 Å². The van der Waals surface area contributed by atoms with Crippen LogP contribution in [-0.2, 0) is 19.0 Å². The molecule has 5 nitrogen and oxygen atoms in total. The first kappa shape index (κ1) is 27.3. The molecule has 0 bridgehead atoms. The number of hydrogen-bond donors (Lipinski definition) is 1. The lowest BCUT2D eigenvalue weighted by Crippen LogP contribution is -2.32. The minimum absolute atomic E-state index is 0.0830. The highest BCUT2D eigenvalue weighted by Crippen LogP contribution is 2.24. The van der Waals surface area contributed by atoms with Crippen LogP contribution in [0.1, 0.15) is 60.3 Å². The molecule has 0 spiro atoms. The van der Waals surface area contributed by atoms with Crippen molar-refractivity contribution < 1.29 is 24.1 Å². The van der Waals surface area contributed by atoms with Gasteiger partial charge in [0.25, 0.3) is 0 Å². The van der Waals surface area contributed by atoms with E-state index >= 15 is 0 Å². The summed E-state index contributed by atoms with van der Waals surface area (Å²) in [4.78, 5) is 11.7. The Balaban J connectivity index is 2.42. The zero-order chi connectivity index (χ0) is 23.4. The van der Waals surface area contributed by atoms with Gasteiger partial charge in [0.1, 0.15) is 6.61 Å². The van der Waals surface area contributed by atoms with E-state index in [-0.39, 0.29) is 36.8 Å². The summed E-state index contributed by atoms with van der Waals surface area (Å²) < 4.78 is 17.0. The number of aliphatic hydroxyl groups excluding tert-OH is 1. The molecule has 0 aromatic carbocycles. The van der Waals surface area contributed by atoms with Crippen LogP contribution in [0.5, 0.6) is 0 Å². The normalized spacial score (nSPS) is 22.9. The molecule has 1 aliphatic rings. The molecule has 0 aromatic heterocycles. The summed E-state index contributed by atoms with van der Waals surface area (Å²) in [6, 6.07) is 0. The van der Waals surface area contributed by atoms with Crippen molar-refractivity contribution in [3.05, 3.63) is 48.6 Å². The van der Waals surface area contributed by atoms with E-state index in [1.165, 1.54) is 0 Å². The third-order valence-electron chi connectivity index (χ3n) is 5.39. The summed E-state index contributed by atoms with van der Waals surface area (Å²) in [5.41, 5.74) is 0.525. The van der Waals surface area contributed by atoms with E-state index < -0.39 is 11.5 Å². The first-order chi connectivity index (χ1) is 14.6. The molecule has 0 radical (unpaired) electrons. The maximum Gasteiger partial charge on any atom is 0.311 e. The Morgan fingerprint density at radius 2 is 2.06 bits per heavy atom. The molecule has 5 atom stereocenters. The smallest absolute Gasteiger partial charge is 0.311 e. The van der Waals surface area contributed by atoms with E-state index in [4.69, 9.17) is 14.2 Å². The van der Waals surface area contributed by atoms with Gasteiger partial charge in [-0.1, -0.05) is 42.9 Å². The van der Waals surface area contributed by atoms with E-state index in [9.17, 15) is 9.90 Å². The molecule has 176 valence electrons. The second-order valence-electron chi connectivity index (χ2n) is 9.39. The Morgan fingerprint density at radius 1 is 1.35 bits per heavy atom. The largest absolute Gasteiger partial charge is 0.461 e. The Morgan fingerprint density at radius 3 is 2.68 bits per heavy atom. The monoisotopic (exact) mass is 434 g/mol. The first-order valence-electron chi connectivity index (χ1n) is 11.2. The summed E-state index contributed by atoms with van der Waals surface area (Å²) in [6.07, 6.45) is 14.2. The SMILES string of the molecule is C=C[C@H](C)[C@H](C[C@@H]1CC=C[C@@H](C[C@@H](O)C/C=C(C)/C=C/COC(=O)C(C)(C)C)O1)OC. The molecule has 1 rings (SSSR count). The van der Waals surface area contributed by atoms with Crippen LogP contribution in [0.3, 0.4) is 0 Å². The molecule has 0 aliphatic carbocycles. The van der Waals surface area contributed by atoms with Crippen molar-refractivity contribution in [2.75, 3.05) is 13.7 Å². The molecule has 1 heterocycles. The zero-order valence-electron chi connectivity index (χ0n) is 20.2. The summed E-state index contributed by atoms with van der Waals surface area (Å²) >= 11 is 0. The van der Waals surface area contributed by atoms with Crippen LogP contribution in [0.15, 0.2) is 48.6 Å². The van der Waals surface area contributed by atoms with Crippen LogP contribution < -0.4 is 0 Å². The molecular formula is C26H42O5. The summed E-state index contributed by atoms with van der Waals surface area (Å²) in [5.74, 6) is 0.0468.